The number of hydrogen-bond donors (Lipinski definition) is 2. The van der Waals surface area contributed by atoms with Crippen LogP contribution < -0.4 is 10.6 Å². The van der Waals surface area contributed by atoms with Crippen molar-refractivity contribution in [3.05, 3.63) is 48.0 Å². The fraction of sp³-hybridized carbons (Fsp3) is 0.409. The molecule has 0 aromatic heterocycles. The van der Waals surface area contributed by atoms with Gasteiger partial charge in [0, 0.05) is 5.56 Å². The maximum absolute atomic E-state index is 12.8. The Morgan fingerprint density at radius 2 is 1.86 bits per heavy atom. The smallest absolute Gasteiger partial charge is 0.251 e. The second-order valence-corrected chi connectivity index (χ2v) is 7.69. The van der Waals surface area contributed by atoms with Gasteiger partial charge in [0.1, 0.15) is 18.7 Å². The molecule has 28 heavy (non-hydrogen) atoms. The van der Waals surface area contributed by atoms with Crippen molar-refractivity contribution in [2.45, 2.75) is 45.4 Å². The number of rotatable bonds is 6. The second kappa shape index (κ2) is 8.52. The van der Waals surface area contributed by atoms with Crippen molar-refractivity contribution >= 4 is 28.4 Å². The lowest BCUT2D eigenvalue weighted by Crippen LogP contribution is -2.53. The van der Waals surface area contributed by atoms with Gasteiger partial charge in [0.25, 0.3) is 5.91 Å². The number of amides is 2. The van der Waals surface area contributed by atoms with Gasteiger partial charge in [-0.15, -0.1) is 0 Å². The van der Waals surface area contributed by atoms with Crippen LogP contribution >= 0.6 is 0 Å². The quantitative estimate of drug-likeness (QED) is 0.804. The molecule has 1 fully saturated rings. The zero-order valence-corrected chi connectivity index (χ0v) is 16.4. The van der Waals surface area contributed by atoms with Gasteiger partial charge in [-0.05, 0) is 42.2 Å². The number of ketones is 1. The molecular weight excluding hydrogens is 356 g/mol. The van der Waals surface area contributed by atoms with Crippen LogP contribution in [0.2, 0.25) is 0 Å². The third kappa shape index (κ3) is 4.57. The monoisotopic (exact) mass is 382 g/mol. The third-order valence-corrected chi connectivity index (χ3v) is 4.94. The summed E-state index contributed by atoms with van der Waals surface area (Å²) in [7, 11) is 0. The first-order valence-electron chi connectivity index (χ1n) is 9.59. The Bertz CT molecular complexity index is 893. The average molecular weight is 382 g/mol. The molecule has 1 heterocycles. The number of carbonyl (C=O) groups excluding carboxylic acids is 3. The van der Waals surface area contributed by atoms with E-state index in [0.29, 0.717) is 12.0 Å². The largest absolute Gasteiger partial charge is 0.368 e. The van der Waals surface area contributed by atoms with Crippen LogP contribution in [0.15, 0.2) is 42.5 Å². The van der Waals surface area contributed by atoms with Crippen molar-refractivity contribution in [1.29, 1.82) is 0 Å². The molecule has 3 rings (SSSR count). The summed E-state index contributed by atoms with van der Waals surface area (Å²) in [6, 6.07) is 11.8. The molecule has 2 aromatic carbocycles. The van der Waals surface area contributed by atoms with Crippen LogP contribution in [-0.4, -0.2) is 42.4 Å². The number of fused-ring (bicyclic) bond motifs is 1. The number of carbonyl (C=O) groups is 3. The standard InChI is InChI=1S/C22H26N2O4/c1-13(2)10-18(22(27)24-20-14(3)28-12-19(20)25)23-21(26)17-9-8-15-6-4-5-7-16(15)11-17/h4-9,11,13-14,18,20H,10,12H2,1-3H3,(H,23,26)(H,24,27). The predicted octanol–water partition coefficient (Wildman–Crippen LogP) is 2.46. The van der Waals surface area contributed by atoms with Crippen LogP contribution in [0.3, 0.4) is 0 Å². The third-order valence-electron chi connectivity index (χ3n) is 4.94. The first-order chi connectivity index (χ1) is 13.3. The first kappa shape index (κ1) is 20.0. The van der Waals surface area contributed by atoms with Crippen molar-refractivity contribution < 1.29 is 19.1 Å². The van der Waals surface area contributed by atoms with Gasteiger partial charge >= 0.3 is 0 Å². The molecule has 2 amide bonds. The van der Waals surface area contributed by atoms with Gasteiger partial charge in [0.15, 0.2) is 5.78 Å². The Morgan fingerprint density at radius 3 is 2.50 bits per heavy atom. The van der Waals surface area contributed by atoms with Crippen molar-refractivity contribution in [2.24, 2.45) is 5.92 Å². The number of benzene rings is 2. The van der Waals surface area contributed by atoms with Crippen LogP contribution in [-0.2, 0) is 14.3 Å². The van der Waals surface area contributed by atoms with Gasteiger partial charge in [-0.1, -0.05) is 44.2 Å². The Labute approximate surface area is 164 Å². The summed E-state index contributed by atoms with van der Waals surface area (Å²) in [6.07, 6.45) is 0.105. The molecule has 1 saturated heterocycles. The minimum absolute atomic E-state index is 0.00437. The SMILES string of the molecule is CC(C)CC(NC(=O)c1ccc2ccccc2c1)C(=O)NC1C(=O)COC1C. The van der Waals surface area contributed by atoms with Crippen molar-refractivity contribution in [2.75, 3.05) is 6.61 Å². The fourth-order valence-electron chi connectivity index (χ4n) is 3.39. The van der Waals surface area contributed by atoms with E-state index < -0.39 is 12.1 Å². The van der Waals surface area contributed by atoms with Gasteiger partial charge in [-0.3, -0.25) is 14.4 Å². The molecular formula is C22H26N2O4. The highest BCUT2D eigenvalue weighted by Crippen LogP contribution is 2.16. The molecule has 3 unspecified atom stereocenters. The lowest BCUT2D eigenvalue weighted by molar-refractivity contribution is -0.127. The zero-order chi connectivity index (χ0) is 20.3. The van der Waals surface area contributed by atoms with E-state index in [0.717, 1.165) is 10.8 Å². The Kier molecular flexibility index (Phi) is 6.09. The minimum atomic E-state index is -0.723. The van der Waals surface area contributed by atoms with Crippen LogP contribution in [0.4, 0.5) is 0 Å². The molecule has 1 aliphatic rings. The normalized spacial score (nSPS) is 20.4. The van der Waals surface area contributed by atoms with Gasteiger partial charge in [-0.25, -0.2) is 0 Å². The van der Waals surface area contributed by atoms with Crippen molar-refractivity contribution in [3.63, 3.8) is 0 Å². The van der Waals surface area contributed by atoms with Crippen LogP contribution in [0, 0.1) is 5.92 Å². The highest BCUT2D eigenvalue weighted by Gasteiger charge is 2.35. The summed E-state index contributed by atoms with van der Waals surface area (Å²) in [6.45, 7) is 5.72. The molecule has 6 heteroatoms. The molecule has 2 N–H and O–H groups in total. The molecule has 148 valence electrons. The van der Waals surface area contributed by atoms with Gasteiger partial charge in [0.05, 0.1) is 6.10 Å². The predicted molar refractivity (Wildman–Crippen MR) is 107 cm³/mol. The number of nitrogens with one attached hydrogen (secondary N) is 2. The highest BCUT2D eigenvalue weighted by atomic mass is 16.5. The van der Waals surface area contributed by atoms with E-state index in [-0.39, 0.29) is 36.2 Å². The van der Waals surface area contributed by atoms with E-state index in [1.807, 2.05) is 50.2 Å². The lowest BCUT2D eigenvalue weighted by Gasteiger charge is -2.23. The topological polar surface area (TPSA) is 84.5 Å². The summed E-state index contributed by atoms with van der Waals surface area (Å²) in [5.74, 6) is -0.627. The van der Waals surface area contributed by atoms with Gasteiger partial charge in [-0.2, -0.15) is 0 Å². The molecule has 0 spiro atoms. The van der Waals surface area contributed by atoms with E-state index in [1.54, 1.807) is 13.0 Å². The summed E-state index contributed by atoms with van der Waals surface area (Å²) in [5.41, 5.74) is 0.494. The first-order valence-corrected chi connectivity index (χ1v) is 9.59. The maximum Gasteiger partial charge on any atom is 0.251 e. The Hall–Kier alpha value is -2.73. The molecule has 0 aliphatic carbocycles. The number of Topliss-reactive ketones (excluding diaryl/α,β-unsaturated/α-hetero) is 1. The molecule has 3 atom stereocenters. The number of ether oxygens (including phenoxy) is 1. The van der Waals surface area contributed by atoms with Crippen molar-refractivity contribution in [1.82, 2.24) is 10.6 Å². The summed E-state index contributed by atoms with van der Waals surface area (Å²) >= 11 is 0. The lowest BCUT2D eigenvalue weighted by atomic mass is 10.0. The van der Waals surface area contributed by atoms with Crippen LogP contribution in [0.1, 0.15) is 37.6 Å². The molecule has 0 bridgehead atoms. The Morgan fingerprint density at radius 1 is 1.14 bits per heavy atom. The van der Waals surface area contributed by atoms with E-state index in [2.05, 4.69) is 10.6 Å². The maximum atomic E-state index is 12.8. The Balaban J connectivity index is 1.74. The van der Waals surface area contributed by atoms with Gasteiger partial charge in [0.2, 0.25) is 5.91 Å². The molecule has 0 saturated carbocycles. The summed E-state index contributed by atoms with van der Waals surface area (Å²) < 4.78 is 5.28. The fourth-order valence-corrected chi connectivity index (χ4v) is 3.39. The van der Waals surface area contributed by atoms with E-state index in [1.165, 1.54) is 0 Å². The van der Waals surface area contributed by atoms with Crippen LogP contribution in [0.5, 0.6) is 0 Å². The zero-order valence-electron chi connectivity index (χ0n) is 16.4. The number of hydrogen-bond acceptors (Lipinski definition) is 4. The van der Waals surface area contributed by atoms with E-state index >= 15 is 0 Å². The molecule has 6 nitrogen and oxygen atoms in total. The summed E-state index contributed by atoms with van der Waals surface area (Å²) in [5, 5.41) is 7.58. The van der Waals surface area contributed by atoms with Gasteiger partial charge < -0.3 is 15.4 Å². The molecule has 0 radical (unpaired) electrons. The molecule has 1 aliphatic heterocycles. The highest BCUT2D eigenvalue weighted by molar-refractivity contribution is 6.01. The second-order valence-electron chi connectivity index (χ2n) is 7.69. The van der Waals surface area contributed by atoms with E-state index in [4.69, 9.17) is 4.74 Å². The van der Waals surface area contributed by atoms with Crippen LogP contribution in [0.25, 0.3) is 10.8 Å². The van der Waals surface area contributed by atoms with Crippen molar-refractivity contribution in [3.8, 4) is 0 Å². The average Bonchev–Trinajstić information content (AvgIpc) is 2.98. The van der Waals surface area contributed by atoms with E-state index in [9.17, 15) is 14.4 Å². The summed E-state index contributed by atoms with van der Waals surface area (Å²) in [4.78, 5) is 37.4. The molecule has 2 aromatic rings. The minimum Gasteiger partial charge on any atom is -0.368 e.